The molecule has 1 amide bonds. The second-order valence-corrected chi connectivity index (χ2v) is 5.34. The van der Waals surface area contributed by atoms with E-state index in [-0.39, 0.29) is 18.3 Å². The number of rotatable bonds is 3. The Morgan fingerprint density at radius 2 is 2.38 bits per heavy atom. The molecule has 1 aromatic rings. The molecule has 0 spiro atoms. The zero-order chi connectivity index (χ0) is 15.4. The van der Waals surface area contributed by atoms with Crippen molar-refractivity contribution in [1.29, 1.82) is 0 Å². The van der Waals surface area contributed by atoms with Crippen LogP contribution in [0.1, 0.15) is 10.4 Å². The molecule has 1 fully saturated rings. The maximum atomic E-state index is 12.6. The number of halogens is 1. The van der Waals surface area contributed by atoms with Crippen LogP contribution in [-0.4, -0.2) is 54.8 Å². The van der Waals surface area contributed by atoms with Gasteiger partial charge < -0.3 is 25.3 Å². The molecule has 1 aliphatic heterocycles. The first-order valence-electron chi connectivity index (χ1n) is 6.28. The van der Waals surface area contributed by atoms with Crippen LogP contribution in [0.3, 0.4) is 0 Å². The van der Waals surface area contributed by atoms with E-state index in [4.69, 9.17) is 20.4 Å². The summed E-state index contributed by atoms with van der Waals surface area (Å²) in [4.78, 5) is 14.2. The van der Waals surface area contributed by atoms with Gasteiger partial charge in [-0.3, -0.25) is 4.79 Å². The third-order valence-corrected chi connectivity index (χ3v) is 3.89. The van der Waals surface area contributed by atoms with Gasteiger partial charge in [-0.05, 0) is 34.1 Å². The number of morpholine rings is 1. The van der Waals surface area contributed by atoms with Crippen molar-refractivity contribution in [3.63, 3.8) is 0 Å². The van der Waals surface area contributed by atoms with E-state index in [2.05, 4.69) is 21.1 Å². The zero-order valence-corrected chi connectivity index (χ0v) is 13.0. The Morgan fingerprint density at radius 3 is 3.05 bits per heavy atom. The third-order valence-electron chi connectivity index (χ3n) is 3.20. The van der Waals surface area contributed by atoms with Gasteiger partial charge in [-0.15, -0.1) is 0 Å². The predicted octanol–water partition coefficient (Wildman–Crippen LogP) is 1.05. The van der Waals surface area contributed by atoms with E-state index in [1.54, 1.807) is 30.2 Å². The summed E-state index contributed by atoms with van der Waals surface area (Å²) in [5.41, 5.74) is 6.03. The minimum atomic E-state index is -0.600. The van der Waals surface area contributed by atoms with E-state index >= 15 is 0 Å². The van der Waals surface area contributed by atoms with Gasteiger partial charge in [0, 0.05) is 11.0 Å². The van der Waals surface area contributed by atoms with Crippen molar-refractivity contribution in [1.82, 2.24) is 4.90 Å². The van der Waals surface area contributed by atoms with Crippen LogP contribution in [0.15, 0.2) is 27.8 Å². The minimum Gasteiger partial charge on any atom is -0.497 e. The van der Waals surface area contributed by atoms with Crippen molar-refractivity contribution in [2.45, 2.75) is 6.10 Å². The van der Waals surface area contributed by atoms with Crippen LogP contribution in [0.2, 0.25) is 0 Å². The molecule has 0 bridgehead atoms. The maximum Gasteiger partial charge on any atom is 0.255 e. The lowest BCUT2D eigenvalue weighted by molar-refractivity contribution is 0.00670. The van der Waals surface area contributed by atoms with Gasteiger partial charge in [0.25, 0.3) is 5.91 Å². The van der Waals surface area contributed by atoms with Crippen LogP contribution < -0.4 is 10.5 Å². The van der Waals surface area contributed by atoms with E-state index in [0.29, 0.717) is 28.9 Å². The van der Waals surface area contributed by atoms with E-state index in [9.17, 15) is 4.79 Å². The Labute approximate surface area is 130 Å². The summed E-state index contributed by atoms with van der Waals surface area (Å²) < 4.78 is 11.2. The van der Waals surface area contributed by atoms with Crippen molar-refractivity contribution in [2.24, 2.45) is 10.9 Å². The molecule has 1 saturated heterocycles. The molecule has 0 aromatic heterocycles. The molecule has 114 valence electrons. The SMILES string of the molecule is COc1ccc(Br)c(C(=O)N2CCOC(C(N)=NO)C2)c1. The number of nitrogens with zero attached hydrogens (tertiary/aromatic N) is 2. The third kappa shape index (κ3) is 3.45. The monoisotopic (exact) mass is 357 g/mol. The van der Waals surface area contributed by atoms with Crippen LogP contribution in [0.5, 0.6) is 5.75 Å². The highest BCUT2D eigenvalue weighted by Crippen LogP contribution is 2.24. The highest BCUT2D eigenvalue weighted by molar-refractivity contribution is 9.10. The van der Waals surface area contributed by atoms with Crippen LogP contribution >= 0.6 is 15.9 Å². The number of amidine groups is 1. The van der Waals surface area contributed by atoms with Crippen LogP contribution in [0.25, 0.3) is 0 Å². The van der Waals surface area contributed by atoms with Gasteiger partial charge >= 0.3 is 0 Å². The van der Waals surface area contributed by atoms with Gasteiger partial charge in [0.05, 0.1) is 25.8 Å². The first-order chi connectivity index (χ1) is 10.1. The molecule has 1 atom stereocenters. The van der Waals surface area contributed by atoms with E-state index in [0.717, 1.165) is 0 Å². The molecule has 0 saturated carbocycles. The quantitative estimate of drug-likeness (QED) is 0.364. The van der Waals surface area contributed by atoms with Crippen molar-refractivity contribution < 1.29 is 19.5 Å². The number of benzene rings is 1. The number of ether oxygens (including phenoxy) is 2. The molecule has 2 rings (SSSR count). The van der Waals surface area contributed by atoms with Gasteiger partial charge in [-0.1, -0.05) is 5.16 Å². The van der Waals surface area contributed by atoms with Gasteiger partial charge in [0.2, 0.25) is 0 Å². The highest BCUT2D eigenvalue weighted by atomic mass is 79.9. The first kappa shape index (κ1) is 15.6. The molecule has 0 aliphatic carbocycles. The number of methoxy groups -OCH3 is 1. The summed E-state index contributed by atoms with van der Waals surface area (Å²) in [5.74, 6) is 0.389. The highest BCUT2D eigenvalue weighted by Gasteiger charge is 2.28. The van der Waals surface area contributed by atoms with Crippen LogP contribution in [-0.2, 0) is 4.74 Å². The predicted molar refractivity (Wildman–Crippen MR) is 79.7 cm³/mol. The summed E-state index contributed by atoms with van der Waals surface area (Å²) in [7, 11) is 1.54. The van der Waals surface area contributed by atoms with E-state index in [1.165, 1.54) is 0 Å². The van der Waals surface area contributed by atoms with Gasteiger partial charge in [0.15, 0.2) is 5.84 Å². The van der Waals surface area contributed by atoms with E-state index < -0.39 is 6.10 Å². The van der Waals surface area contributed by atoms with Gasteiger partial charge in [-0.25, -0.2) is 0 Å². The Morgan fingerprint density at radius 1 is 1.62 bits per heavy atom. The van der Waals surface area contributed by atoms with E-state index in [1.807, 2.05) is 0 Å². The summed E-state index contributed by atoms with van der Waals surface area (Å²) in [6.45, 7) is 1.00. The molecule has 3 N–H and O–H groups in total. The average molecular weight is 358 g/mol. The fourth-order valence-corrected chi connectivity index (χ4v) is 2.46. The number of hydrogen-bond donors (Lipinski definition) is 2. The maximum absolute atomic E-state index is 12.6. The Hall–Kier alpha value is -1.80. The molecule has 7 nitrogen and oxygen atoms in total. The zero-order valence-electron chi connectivity index (χ0n) is 11.5. The van der Waals surface area contributed by atoms with Crippen molar-refractivity contribution >= 4 is 27.7 Å². The molecular weight excluding hydrogens is 342 g/mol. The minimum absolute atomic E-state index is 0.0443. The number of oxime groups is 1. The standard InChI is InChI=1S/C13H16BrN3O4/c1-20-8-2-3-10(14)9(6-8)13(18)17-4-5-21-11(7-17)12(15)16-19/h2-3,6,11,19H,4-5,7H2,1H3,(H2,15,16). The molecule has 1 aromatic carbocycles. The largest absolute Gasteiger partial charge is 0.497 e. The van der Waals surface area contributed by atoms with Crippen LogP contribution in [0, 0.1) is 0 Å². The fraction of sp³-hybridized carbons (Fsp3) is 0.385. The average Bonchev–Trinajstić information content (AvgIpc) is 2.54. The lowest BCUT2D eigenvalue weighted by Gasteiger charge is -2.32. The molecule has 1 heterocycles. The second kappa shape index (κ2) is 6.77. The van der Waals surface area contributed by atoms with Crippen LogP contribution in [0.4, 0.5) is 0 Å². The molecule has 8 heteroatoms. The number of hydrogen-bond acceptors (Lipinski definition) is 5. The van der Waals surface area contributed by atoms with Gasteiger partial charge in [0.1, 0.15) is 11.9 Å². The Kier molecular flexibility index (Phi) is 5.03. The summed E-state index contributed by atoms with van der Waals surface area (Å²) in [6, 6.07) is 5.19. The first-order valence-corrected chi connectivity index (χ1v) is 7.08. The summed E-state index contributed by atoms with van der Waals surface area (Å²) in [5, 5.41) is 11.6. The van der Waals surface area contributed by atoms with Gasteiger partial charge in [-0.2, -0.15) is 0 Å². The molecular formula is C13H16BrN3O4. The lowest BCUT2D eigenvalue weighted by Crippen LogP contribution is -2.50. The van der Waals surface area contributed by atoms with Crippen molar-refractivity contribution in [2.75, 3.05) is 26.8 Å². The fourth-order valence-electron chi connectivity index (χ4n) is 2.04. The second-order valence-electron chi connectivity index (χ2n) is 4.48. The smallest absolute Gasteiger partial charge is 0.255 e. The van der Waals surface area contributed by atoms with Crippen molar-refractivity contribution in [3.05, 3.63) is 28.2 Å². The summed E-state index contributed by atoms with van der Waals surface area (Å²) in [6.07, 6.45) is -0.600. The number of nitrogens with two attached hydrogens (primary N) is 1. The lowest BCUT2D eigenvalue weighted by atomic mass is 10.1. The number of carbonyl (C=O) groups is 1. The normalized spacial score (nSPS) is 19.4. The Bertz CT molecular complexity index is 564. The number of amides is 1. The summed E-state index contributed by atoms with van der Waals surface area (Å²) >= 11 is 3.36. The molecule has 21 heavy (non-hydrogen) atoms. The topological polar surface area (TPSA) is 97.4 Å². The number of carbonyl (C=O) groups excluding carboxylic acids is 1. The molecule has 1 aliphatic rings. The van der Waals surface area contributed by atoms with Crippen molar-refractivity contribution in [3.8, 4) is 5.75 Å². The Balaban J connectivity index is 2.19. The molecule has 0 radical (unpaired) electrons. The molecule has 1 unspecified atom stereocenters.